The molecule has 2 rings (SSSR count). The van der Waals surface area contributed by atoms with Crippen molar-refractivity contribution in [2.45, 2.75) is 12.5 Å². The van der Waals surface area contributed by atoms with Crippen LogP contribution >= 0.6 is 0 Å². The molecule has 0 bridgehead atoms. The molecule has 106 valence electrons. The lowest BCUT2D eigenvalue weighted by Crippen LogP contribution is -2.33. The maximum absolute atomic E-state index is 13.2. The van der Waals surface area contributed by atoms with Gasteiger partial charge in [0.25, 0.3) is 5.91 Å². The largest absolute Gasteiger partial charge is 0.494 e. The van der Waals surface area contributed by atoms with E-state index in [4.69, 9.17) is 9.84 Å². The molecule has 0 aromatic heterocycles. The Hall–Kier alpha value is -2.37. The first kappa shape index (κ1) is 14.0. The van der Waals surface area contributed by atoms with Crippen molar-refractivity contribution in [1.82, 2.24) is 5.32 Å². The second-order valence-electron chi connectivity index (χ2n) is 4.49. The highest BCUT2D eigenvalue weighted by Gasteiger charge is 2.25. The molecule has 2 unspecified atom stereocenters. The van der Waals surface area contributed by atoms with E-state index in [0.29, 0.717) is 6.42 Å². The highest BCUT2D eigenvalue weighted by atomic mass is 19.1. The Morgan fingerprint density at radius 2 is 2.15 bits per heavy atom. The molecule has 6 heteroatoms. The summed E-state index contributed by atoms with van der Waals surface area (Å²) < 4.78 is 18.1. The summed E-state index contributed by atoms with van der Waals surface area (Å²) >= 11 is 0. The lowest BCUT2D eigenvalue weighted by atomic mass is 10.1. The molecule has 1 aromatic rings. The minimum atomic E-state index is -0.915. The number of carbonyl (C=O) groups excluding carboxylic acids is 1. The molecule has 0 heterocycles. The van der Waals surface area contributed by atoms with E-state index in [-0.39, 0.29) is 17.4 Å². The molecule has 1 aromatic carbocycles. The zero-order valence-electron chi connectivity index (χ0n) is 10.8. The molecule has 0 saturated carbocycles. The van der Waals surface area contributed by atoms with Gasteiger partial charge in [-0.25, -0.2) is 4.39 Å². The minimum Gasteiger partial charge on any atom is -0.494 e. The summed E-state index contributed by atoms with van der Waals surface area (Å²) in [5.74, 6) is -2.45. The van der Waals surface area contributed by atoms with E-state index in [2.05, 4.69) is 5.32 Å². The highest BCUT2D eigenvalue weighted by Crippen LogP contribution is 2.20. The van der Waals surface area contributed by atoms with Crippen LogP contribution in [0, 0.1) is 11.7 Å². The van der Waals surface area contributed by atoms with Crippen molar-refractivity contribution in [3.05, 3.63) is 41.7 Å². The average Bonchev–Trinajstić information content (AvgIpc) is 2.88. The quantitative estimate of drug-likeness (QED) is 0.821. The molecular weight excluding hydrogens is 265 g/mol. The third-order valence-corrected chi connectivity index (χ3v) is 3.13. The number of rotatable bonds is 4. The van der Waals surface area contributed by atoms with Crippen molar-refractivity contribution in [3.8, 4) is 5.75 Å². The van der Waals surface area contributed by atoms with Gasteiger partial charge in [0.2, 0.25) is 0 Å². The van der Waals surface area contributed by atoms with Gasteiger partial charge < -0.3 is 15.2 Å². The van der Waals surface area contributed by atoms with Crippen molar-refractivity contribution in [3.63, 3.8) is 0 Å². The molecule has 0 radical (unpaired) electrons. The van der Waals surface area contributed by atoms with E-state index in [0.717, 1.165) is 6.07 Å². The molecule has 5 nitrogen and oxygen atoms in total. The molecule has 1 aliphatic rings. The van der Waals surface area contributed by atoms with Gasteiger partial charge in [-0.1, -0.05) is 12.2 Å². The number of carboxylic acids is 1. The third kappa shape index (κ3) is 2.96. The van der Waals surface area contributed by atoms with Gasteiger partial charge >= 0.3 is 5.97 Å². The first-order valence-electron chi connectivity index (χ1n) is 6.07. The first-order chi connectivity index (χ1) is 9.51. The van der Waals surface area contributed by atoms with Crippen LogP contribution in [0.1, 0.15) is 16.8 Å². The SMILES string of the molecule is COc1cc(C(=O)NC2C=CC(C(=O)O)C2)ccc1F. The molecule has 0 fully saturated rings. The van der Waals surface area contributed by atoms with E-state index in [1.54, 1.807) is 12.2 Å². The number of methoxy groups -OCH3 is 1. The lowest BCUT2D eigenvalue weighted by Gasteiger charge is -2.12. The van der Waals surface area contributed by atoms with Crippen LogP contribution in [-0.4, -0.2) is 30.1 Å². The Morgan fingerprint density at radius 1 is 1.40 bits per heavy atom. The van der Waals surface area contributed by atoms with Crippen LogP contribution in [0.2, 0.25) is 0 Å². The van der Waals surface area contributed by atoms with Gasteiger partial charge in [-0.2, -0.15) is 0 Å². The first-order valence-corrected chi connectivity index (χ1v) is 6.07. The summed E-state index contributed by atoms with van der Waals surface area (Å²) in [5.41, 5.74) is 0.260. The second kappa shape index (κ2) is 5.73. The van der Waals surface area contributed by atoms with Crippen LogP contribution in [0.5, 0.6) is 5.75 Å². The van der Waals surface area contributed by atoms with Crippen LogP contribution in [-0.2, 0) is 4.79 Å². The van der Waals surface area contributed by atoms with Gasteiger partial charge in [0, 0.05) is 11.6 Å². The number of benzene rings is 1. The Labute approximate surface area is 115 Å². The summed E-state index contributed by atoms with van der Waals surface area (Å²) in [6.45, 7) is 0. The number of carboxylic acid groups (broad SMARTS) is 1. The molecule has 20 heavy (non-hydrogen) atoms. The normalized spacial score (nSPS) is 20.7. The van der Waals surface area contributed by atoms with Crippen molar-refractivity contribution < 1.29 is 23.8 Å². The summed E-state index contributed by atoms with van der Waals surface area (Å²) in [7, 11) is 1.32. The number of halogens is 1. The summed E-state index contributed by atoms with van der Waals surface area (Å²) in [6, 6.07) is 3.47. The van der Waals surface area contributed by atoms with Crippen molar-refractivity contribution in [1.29, 1.82) is 0 Å². The van der Waals surface area contributed by atoms with E-state index >= 15 is 0 Å². The molecule has 0 aliphatic heterocycles. The maximum atomic E-state index is 13.2. The van der Waals surface area contributed by atoms with E-state index in [1.807, 2.05) is 0 Å². The fourth-order valence-corrected chi connectivity index (χ4v) is 2.04. The minimum absolute atomic E-state index is 0.0111. The number of nitrogens with one attached hydrogen (secondary N) is 1. The van der Waals surface area contributed by atoms with Crippen molar-refractivity contribution in [2.75, 3.05) is 7.11 Å². The third-order valence-electron chi connectivity index (χ3n) is 3.13. The molecule has 0 saturated heterocycles. The van der Waals surface area contributed by atoms with Crippen molar-refractivity contribution >= 4 is 11.9 Å². The molecule has 2 N–H and O–H groups in total. The Balaban J connectivity index is 2.03. The van der Waals surface area contributed by atoms with Gasteiger partial charge in [-0.3, -0.25) is 9.59 Å². The van der Waals surface area contributed by atoms with Gasteiger partial charge in [0.1, 0.15) is 0 Å². The van der Waals surface area contributed by atoms with Crippen LogP contribution in [0.25, 0.3) is 0 Å². The maximum Gasteiger partial charge on any atom is 0.310 e. The summed E-state index contributed by atoms with van der Waals surface area (Å²) in [6.07, 6.45) is 3.52. The lowest BCUT2D eigenvalue weighted by molar-refractivity contribution is -0.140. The van der Waals surface area contributed by atoms with Crippen LogP contribution in [0.3, 0.4) is 0 Å². The van der Waals surface area contributed by atoms with Gasteiger partial charge in [-0.15, -0.1) is 0 Å². The van der Waals surface area contributed by atoms with Crippen LogP contribution in [0.4, 0.5) is 4.39 Å². The fourth-order valence-electron chi connectivity index (χ4n) is 2.04. The average molecular weight is 279 g/mol. The molecular formula is C14H14FNO4. The molecule has 1 amide bonds. The zero-order valence-corrected chi connectivity index (χ0v) is 10.8. The monoisotopic (exact) mass is 279 g/mol. The number of amides is 1. The highest BCUT2D eigenvalue weighted by molar-refractivity contribution is 5.95. The van der Waals surface area contributed by atoms with Gasteiger partial charge in [-0.05, 0) is 24.6 Å². The smallest absolute Gasteiger partial charge is 0.310 e. The molecule has 2 atom stereocenters. The van der Waals surface area contributed by atoms with Gasteiger partial charge in [0.15, 0.2) is 11.6 Å². The van der Waals surface area contributed by atoms with Crippen LogP contribution in [0.15, 0.2) is 30.4 Å². The number of aliphatic carboxylic acids is 1. The number of hydrogen-bond acceptors (Lipinski definition) is 3. The van der Waals surface area contributed by atoms with Gasteiger partial charge in [0.05, 0.1) is 13.0 Å². The Bertz CT molecular complexity index is 570. The van der Waals surface area contributed by atoms with E-state index < -0.39 is 23.6 Å². The number of carbonyl (C=O) groups is 2. The van der Waals surface area contributed by atoms with E-state index in [1.165, 1.54) is 19.2 Å². The number of hydrogen-bond donors (Lipinski definition) is 2. The Morgan fingerprint density at radius 3 is 2.75 bits per heavy atom. The second-order valence-corrected chi connectivity index (χ2v) is 4.49. The summed E-state index contributed by atoms with van der Waals surface area (Å²) in [4.78, 5) is 22.8. The van der Waals surface area contributed by atoms with E-state index in [9.17, 15) is 14.0 Å². The number of ether oxygens (including phenoxy) is 1. The van der Waals surface area contributed by atoms with Crippen molar-refractivity contribution in [2.24, 2.45) is 5.92 Å². The summed E-state index contributed by atoms with van der Waals surface area (Å²) in [5, 5.41) is 11.5. The predicted octanol–water partition coefficient (Wildman–Crippen LogP) is 1.59. The fraction of sp³-hybridized carbons (Fsp3) is 0.286. The molecule has 1 aliphatic carbocycles. The van der Waals surface area contributed by atoms with Crippen LogP contribution < -0.4 is 10.1 Å². The zero-order chi connectivity index (χ0) is 14.7. The molecule has 0 spiro atoms. The Kier molecular flexibility index (Phi) is 4.02. The predicted molar refractivity (Wildman–Crippen MR) is 69.1 cm³/mol. The topological polar surface area (TPSA) is 75.6 Å². The standard InChI is InChI=1S/C14H14FNO4/c1-20-12-7-8(3-5-11(12)15)13(17)16-10-4-2-9(6-10)14(18)19/h2-5,7,9-10H,6H2,1H3,(H,16,17)(H,18,19).